The van der Waals surface area contributed by atoms with Gasteiger partial charge in [-0.1, -0.05) is 39.3 Å². The lowest BCUT2D eigenvalue weighted by molar-refractivity contribution is 0.298. The lowest BCUT2D eigenvalue weighted by Crippen LogP contribution is -2.10. The highest BCUT2D eigenvalue weighted by Gasteiger charge is 2.14. The Morgan fingerprint density at radius 3 is 2.15 bits per heavy atom. The van der Waals surface area contributed by atoms with Gasteiger partial charge in [-0.3, -0.25) is 0 Å². The zero-order valence-corrected chi connectivity index (χ0v) is 10.3. The lowest BCUT2D eigenvalue weighted by Gasteiger charge is -2.22. The van der Waals surface area contributed by atoms with Crippen molar-refractivity contribution in [3.05, 3.63) is 11.6 Å². The van der Waals surface area contributed by atoms with E-state index in [-0.39, 0.29) is 0 Å². The highest BCUT2D eigenvalue weighted by atomic mass is 14.2. The van der Waals surface area contributed by atoms with Gasteiger partial charge in [0.25, 0.3) is 0 Å². The molecule has 0 fully saturated rings. The van der Waals surface area contributed by atoms with E-state index < -0.39 is 0 Å². The van der Waals surface area contributed by atoms with Gasteiger partial charge in [0.15, 0.2) is 0 Å². The Bertz CT molecular complexity index is 153. The summed E-state index contributed by atoms with van der Waals surface area (Å²) in [7, 11) is 0. The Labute approximate surface area is 84.4 Å². The van der Waals surface area contributed by atoms with E-state index >= 15 is 0 Å². The molecule has 0 aromatic heterocycles. The summed E-state index contributed by atoms with van der Waals surface area (Å²) in [5, 5.41) is 0. The number of hydrogen-bond donors (Lipinski definition) is 0. The minimum absolute atomic E-state index is 0.490. The van der Waals surface area contributed by atoms with Gasteiger partial charge in [0.1, 0.15) is 0 Å². The van der Waals surface area contributed by atoms with Crippen LogP contribution in [0.4, 0.5) is 0 Å². The first-order valence-electron chi connectivity index (χ1n) is 5.44. The minimum Gasteiger partial charge on any atom is -0.0859 e. The molecular formula is C13H26. The highest BCUT2D eigenvalue weighted by Crippen LogP contribution is 2.26. The molecule has 0 bridgehead atoms. The Kier molecular flexibility index (Phi) is 5.36. The molecule has 0 saturated heterocycles. The first-order valence-corrected chi connectivity index (χ1v) is 5.44. The van der Waals surface area contributed by atoms with Gasteiger partial charge >= 0.3 is 0 Å². The van der Waals surface area contributed by atoms with E-state index in [4.69, 9.17) is 0 Å². The van der Waals surface area contributed by atoms with Crippen LogP contribution >= 0.6 is 0 Å². The zero-order chi connectivity index (χ0) is 10.5. The monoisotopic (exact) mass is 182 g/mol. The average molecular weight is 182 g/mol. The van der Waals surface area contributed by atoms with Crippen LogP contribution in [0.5, 0.6) is 0 Å². The summed E-state index contributed by atoms with van der Waals surface area (Å²) in [5.74, 6) is 0.857. The second-order valence-corrected chi connectivity index (χ2v) is 5.73. The molecule has 0 spiro atoms. The van der Waals surface area contributed by atoms with E-state index in [2.05, 4.69) is 47.6 Å². The van der Waals surface area contributed by atoms with Gasteiger partial charge in [-0.15, -0.1) is 0 Å². The number of hydrogen-bond acceptors (Lipinski definition) is 0. The molecule has 0 aromatic rings. The quantitative estimate of drug-likeness (QED) is 0.548. The summed E-state index contributed by atoms with van der Waals surface area (Å²) in [6, 6.07) is 0. The Hall–Kier alpha value is -0.260. The van der Waals surface area contributed by atoms with E-state index in [9.17, 15) is 0 Å². The molecule has 1 unspecified atom stereocenters. The van der Waals surface area contributed by atoms with E-state index in [0.29, 0.717) is 5.41 Å². The van der Waals surface area contributed by atoms with Gasteiger partial charge < -0.3 is 0 Å². The van der Waals surface area contributed by atoms with Crippen molar-refractivity contribution >= 4 is 0 Å². The third kappa shape index (κ3) is 9.66. The maximum absolute atomic E-state index is 2.37. The van der Waals surface area contributed by atoms with Crippen molar-refractivity contribution in [3.63, 3.8) is 0 Å². The van der Waals surface area contributed by atoms with Gasteiger partial charge in [0, 0.05) is 0 Å². The zero-order valence-electron chi connectivity index (χ0n) is 10.3. The largest absolute Gasteiger partial charge is 0.0859 e. The van der Waals surface area contributed by atoms with Crippen LogP contribution in [0.1, 0.15) is 60.8 Å². The predicted octanol–water partition coefficient (Wildman–Crippen LogP) is 4.81. The number of allylic oxidation sites excluding steroid dienone is 2. The molecule has 0 heteroatoms. The van der Waals surface area contributed by atoms with Gasteiger partial charge in [0.05, 0.1) is 0 Å². The van der Waals surface area contributed by atoms with E-state index in [1.54, 1.807) is 0 Å². The molecule has 0 heterocycles. The molecule has 0 aromatic carbocycles. The van der Waals surface area contributed by atoms with Crippen LogP contribution in [-0.2, 0) is 0 Å². The molecule has 0 radical (unpaired) electrons. The normalized spacial score (nSPS) is 14.0. The summed E-state index contributed by atoms with van der Waals surface area (Å²) >= 11 is 0. The fraction of sp³-hybridized carbons (Fsp3) is 0.846. The average Bonchev–Trinajstić information content (AvgIpc) is 1.81. The highest BCUT2D eigenvalue weighted by molar-refractivity contribution is 4.92. The third-order valence-corrected chi connectivity index (χ3v) is 2.17. The standard InChI is InChI=1S/C13H26/c1-11(2)8-7-9-12(3)10-13(4,5)6/h8,12H,7,9-10H2,1-6H3. The molecule has 78 valence electrons. The SMILES string of the molecule is CC(C)=CCCC(C)CC(C)(C)C. The summed E-state index contributed by atoms with van der Waals surface area (Å²) in [6.45, 7) is 13.7. The first-order chi connectivity index (χ1) is 5.81. The second-order valence-electron chi connectivity index (χ2n) is 5.73. The Balaban J connectivity index is 3.64. The molecule has 0 amide bonds. The molecule has 0 aliphatic rings. The van der Waals surface area contributed by atoms with Crippen molar-refractivity contribution in [1.29, 1.82) is 0 Å². The van der Waals surface area contributed by atoms with Gasteiger partial charge in [0.2, 0.25) is 0 Å². The van der Waals surface area contributed by atoms with Crippen molar-refractivity contribution in [3.8, 4) is 0 Å². The van der Waals surface area contributed by atoms with Crippen LogP contribution in [0.25, 0.3) is 0 Å². The molecule has 0 N–H and O–H groups in total. The molecule has 0 nitrogen and oxygen atoms in total. The van der Waals surface area contributed by atoms with Crippen molar-refractivity contribution in [1.82, 2.24) is 0 Å². The fourth-order valence-corrected chi connectivity index (χ4v) is 1.80. The van der Waals surface area contributed by atoms with Crippen LogP contribution < -0.4 is 0 Å². The maximum atomic E-state index is 2.37. The Morgan fingerprint density at radius 1 is 1.23 bits per heavy atom. The lowest BCUT2D eigenvalue weighted by atomic mass is 9.83. The molecular weight excluding hydrogens is 156 g/mol. The minimum atomic E-state index is 0.490. The van der Waals surface area contributed by atoms with Gasteiger partial charge in [-0.05, 0) is 44.4 Å². The molecule has 0 aliphatic carbocycles. The van der Waals surface area contributed by atoms with Crippen molar-refractivity contribution in [2.24, 2.45) is 11.3 Å². The van der Waals surface area contributed by atoms with Crippen molar-refractivity contribution < 1.29 is 0 Å². The van der Waals surface area contributed by atoms with Crippen LogP contribution in [0.2, 0.25) is 0 Å². The van der Waals surface area contributed by atoms with Gasteiger partial charge in [-0.2, -0.15) is 0 Å². The molecule has 0 rings (SSSR count). The smallest absolute Gasteiger partial charge is 0.0346 e. The molecule has 13 heavy (non-hydrogen) atoms. The van der Waals surface area contributed by atoms with E-state index in [1.165, 1.54) is 24.8 Å². The second kappa shape index (κ2) is 5.47. The predicted molar refractivity (Wildman–Crippen MR) is 61.9 cm³/mol. The third-order valence-electron chi connectivity index (χ3n) is 2.17. The fourth-order valence-electron chi connectivity index (χ4n) is 1.80. The maximum Gasteiger partial charge on any atom is -0.0346 e. The molecule has 1 atom stereocenters. The van der Waals surface area contributed by atoms with Crippen LogP contribution in [-0.4, -0.2) is 0 Å². The van der Waals surface area contributed by atoms with Crippen molar-refractivity contribution in [2.75, 3.05) is 0 Å². The summed E-state index contributed by atoms with van der Waals surface area (Å²) in [6.07, 6.45) is 6.27. The molecule has 0 saturated carbocycles. The topological polar surface area (TPSA) is 0 Å². The number of rotatable bonds is 4. The molecule has 0 aliphatic heterocycles. The summed E-state index contributed by atoms with van der Waals surface area (Å²) < 4.78 is 0. The van der Waals surface area contributed by atoms with Crippen LogP contribution in [0, 0.1) is 11.3 Å². The summed E-state index contributed by atoms with van der Waals surface area (Å²) in [4.78, 5) is 0. The van der Waals surface area contributed by atoms with Crippen LogP contribution in [0.3, 0.4) is 0 Å². The van der Waals surface area contributed by atoms with Crippen LogP contribution in [0.15, 0.2) is 11.6 Å². The Morgan fingerprint density at radius 2 is 1.77 bits per heavy atom. The summed E-state index contributed by atoms with van der Waals surface area (Å²) in [5.41, 5.74) is 1.94. The van der Waals surface area contributed by atoms with E-state index in [0.717, 1.165) is 5.92 Å². The van der Waals surface area contributed by atoms with Gasteiger partial charge in [-0.25, -0.2) is 0 Å². The van der Waals surface area contributed by atoms with Crippen molar-refractivity contribution in [2.45, 2.75) is 60.8 Å². The first kappa shape index (κ1) is 12.7. The van der Waals surface area contributed by atoms with E-state index in [1.807, 2.05) is 0 Å².